The van der Waals surface area contributed by atoms with Crippen molar-refractivity contribution in [3.63, 3.8) is 0 Å². The maximum atomic E-state index is 12.6. The van der Waals surface area contributed by atoms with Gasteiger partial charge in [0.25, 0.3) is 5.91 Å². The van der Waals surface area contributed by atoms with Crippen molar-refractivity contribution in [1.29, 1.82) is 0 Å². The summed E-state index contributed by atoms with van der Waals surface area (Å²) in [7, 11) is 0. The molecule has 0 aromatic heterocycles. The van der Waals surface area contributed by atoms with E-state index in [0.29, 0.717) is 29.6 Å². The first-order chi connectivity index (χ1) is 9.02. The van der Waals surface area contributed by atoms with Crippen molar-refractivity contribution in [3.8, 4) is 0 Å². The van der Waals surface area contributed by atoms with Crippen molar-refractivity contribution >= 4 is 29.1 Å². The number of halogens is 2. The summed E-state index contributed by atoms with van der Waals surface area (Å²) in [4.78, 5) is 14.4. The quantitative estimate of drug-likeness (QED) is 0.786. The number of nitrogens with zero attached hydrogens (tertiary/aromatic N) is 1. The molecular formula is C14H17Cl2NO2. The summed E-state index contributed by atoms with van der Waals surface area (Å²) in [5, 5.41) is 0.573. The van der Waals surface area contributed by atoms with Gasteiger partial charge in [0, 0.05) is 17.1 Å². The monoisotopic (exact) mass is 301 g/mol. The minimum Gasteiger partial charge on any atom is -0.373 e. The fraction of sp³-hybridized carbons (Fsp3) is 0.500. The van der Waals surface area contributed by atoms with Crippen LogP contribution in [-0.4, -0.2) is 42.0 Å². The molecule has 1 aliphatic rings. The number of carbonyl (C=O) groups is 1. The lowest BCUT2D eigenvalue weighted by atomic mass is 10.1. The van der Waals surface area contributed by atoms with Crippen LogP contribution >= 0.6 is 23.2 Å². The number of carbonyl (C=O) groups excluding carboxylic acids is 1. The Hall–Kier alpha value is -0.770. The maximum absolute atomic E-state index is 12.6. The molecule has 19 heavy (non-hydrogen) atoms. The average Bonchev–Trinajstić information content (AvgIpc) is 2.41. The molecule has 2 rings (SSSR count). The predicted octanol–water partition coefficient (Wildman–Crippen LogP) is 3.12. The molecule has 3 nitrogen and oxygen atoms in total. The molecule has 0 radical (unpaired) electrons. The molecule has 2 unspecified atom stereocenters. The molecule has 2 atom stereocenters. The van der Waals surface area contributed by atoms with E-state index in [2.05, 4.69) is 0 Å². The van der Waals surface area contributed by atoms with Gasteiger partial charge in [0.1, 0.15) is 0 Å². The molecule has 0 saturated carbocycles. The Balaban J connectivity index is 2.24. The highest BCUT2D eigenvalue weighted by atomic mass is 35.5. The van der Waals surface area contributed by atoms with Gasteiger partial charge in [0.05, 0.1) is 24.6 Å². The van der Waals surface area contributed by atoms with Crippen molar-refractivity contribution in [2.24, 2.45) is 0 Å². The first-order valence-electron chi connectivity index (χ1n) is 6.27. The topological polar surface area (TPSA) is 29.5 Å². The number of rotatable bonds is 2. The van der Waals surface area contributed by atoms with Gasteiger partial charge in [0.15, 0.2) is 0 Å². The number of morpholine rings is 1. The van der Waals surface area contributed by atoms with Gasteiger partial charge in [-0.3, -0.25) is 4.79 Å². The van der Waals surface area contributed by atoms with Gasteiger partial charge in [-0.25, -0.2) is 0 Å². The van der Waals surface area contributed by atoms with Crippen LogP contribution < -0.4 is 0 Å². The van der Waals surface area contributed by atoms with Crippen LogP contribution in [0.2, 0.25) is 5.02 Å². The highest BCUT2D eigenvalue weighted by molar-refractivity contribution is 6.31. The van der Waals surface area contributed by atoms with Gasteiger partial charge in [-0.15, -0.1) is 11.6 Å². The van der Waals surface area contributed by atoms with Crippen LogP contribution in [0.15, 0.2) is 18.2 Å². The summed E-state index contributed by atoms with van der Waals surface area (Å²) >= 11 is 11.8. The maximum Gasteiger partial charge on any atom is 0.254 e. The number of hydrogen-bond donors (Lipinski definition) is 0. The molecule has 1 saturated heterocycles. The smallest absolute Gasteiger partial charge is 0.254 e. The molecular weight excluding hydrogens is 285 g/mol. The van der Waals surface area contributed by atoms with E-state index in [0.717, 1.165) is 5.56 Å². The van der Waals surface area contributed by atoms with E-state index in [1.165, 1.54) is 0 Å². The van der Waals surface area contributed by atoms with E-state index in [9.17, 15) is 4.79 Å². The standard InChI is InChI=1S/C14H17Cl2NO2/c1-9-3-4-11(16)5-13(9)14(18)17-7-12(6-15)19-8-10(17)2/h3-5,10,12H,6-8H2,1-2H3. The molecule has 1 aliphatic heterocycles. The number of amides is 1. The molecule has 0 spiro atoms. The molecule has 0 aliphatic carbocycles. The van der Waals surface area contributed by atoms with Crippen LogP contribution in [0, 0.1) is 6.92 Å². The van der Waals surface area contributed by atoms with Crippen LogP contribution in [0.3, 0.4) is 0 Å². The Kier molecular flexibility index (Phi) is 4.71. The number of hydrogen-bond acceptors (Lipinski definition) is 2. The van der Waals surface area contributed by atoms with E-state index < -0.39 is 0 Å². The normalized spacial score (nSPS) is 23.5. The molecule has 0 N–H and O–H groups in total. The van der Waals surface area contributed by atoms with E-state index >= 15 is 0 Å². The van der Waals surface area contributed by atoms with E-state index in [1.54, 1.807) is 12.1 Å². The van der Waals surface area contributed by atoms with Crippen LogP contribution in [0.1, 0.15) is 22.8 Å². The molecule has 1 amide bonds. The van der Waals surface area contributed by atoms with Crippen molar-refractivity contribution in [2.45, 2.75) is 26.0 Å². The van der Waals surface area contributed by atoms with E-state index in [-0.39, 0.29) is 18.1 Å². The lowest BCUT2D eigenvalue weighted by molar-refractivity contribution is -0.0372. The van der Waals surface area contributed by atoms with Crippen molar-refractivity contribution < 1.29 is 9.53 Å². The van der Waals surface area contributed by atoms with Crippen molar-refractivity contribution in [2.75, 3.05) is 19.0 Å². The zero-order valence-corrected chi connectivity index (χ0v) is 12.5. The number of ether oxygens (including phenoxy) is 1. The molecule has 1 fully saturated rings. The summed E-state index contributed by atoms with van der Waals surface area (Å²) in [6.07, 6.45) is -0.0960. The predicted molar refractivity (Wildman–Crippen MR) is 77.1 cm³/mol. The fourth-order valence-electron chi connectivity index (χ4n) is 2.17. The second-order valence-electron chi connectivity index (χ2n) is 4.88. The van der Waals surface area contributed by atoms with Gasteiger partial charge in [-0.1, -0.05) is 17.7 Å². The highest BCUT2D eigenvalue weighted by Crippen LogP contribution is 2.21. The highest BCUT2D eigenvalue weighted by Gasteiger charge is 2.30. The molecule has 1 heterocycles. The minimum atomic E-state index is -0.0960. The Morgan fingerprint density at radius 1 is 1.53 bits per heavy atom. The minimum absolute atomic E-state index is 0.00841. The van der Waals surface area contributed by atoms with E-state index in [4.69, 9.17) is 27.9 Å². The molecule has 1 aromatic carbocycles. The van der Waals surface area contributed by atoms with Gasteiger partial charge >= 0.3 is 0 Å². The van der Waals surface area contributed by atoms with Crippen LogP contribution in [0.5, 0.6) is 0 Å². The number of benzene rings is 1. The molecule has 104 valence electrons. The van der Waals surface area contributed by atoms with Crippen molar-refractivity contribution in [1.82, 2.24) is 4.90 Å². The average molecular weight is 302 g/mol. The zero-order valence-electron chi connectivity index (χ0n) is 11.0. The Morgan fingerprint density at radius 3 is 2.95 bits per heavy atom. The van der Waals surface area contributed by atoms with E-state index in [1.807, 2.05) is 24.8 Å². The largest absolute Gasteiger partial charge is 0.373 e. The first-order valence-corrected chi connectivity index (χ1v) is 7.19. The molecule has 5 heteroatoms. The summed E-state index contributed by atoms with van der Waals surface area (Å²) in [5.74, 6) is 0.385. The summed E-state index contributed by atoms with van der Waals surface area (Å²) < 4.78 is 5.56. The third-order valence-corrected chi connectivity index (χ3v) is 3.95. The second kappa shape index (κ2) is 6.12. The summed E-state index contributed by atoms with van der Waals surface area (Å²) in [6.45, 7) is 4.92. The van der Waals surface area contributed by atoms with Gasteiger partial charge < -0.3 is 9.64 Å². The first kappa shape index (κ1) is 14.6. The van der Waals surface area contributed by atoms with Gasteiger partial charge in [-0.05, 0) is 31.5 Å². The molecule has 1 aromatic rings. The SMILES string of the molecule is Cc1ccc(Cl)cc1C(=O)N1CC(CCl)OCC1C. The fourth-order valence-corrected chi connectivity index (χ4v) is 2.53. The third kappa shape index (κ3) is 3.22. The third-order valence-electron chi connectivity index (χ3n) is 3.37. The number of alkyl halides is 1. The Labute approximate surface area is 123 Å². The lowest BCUT2D eigenvalue weighted by Gasteiger charge is -2.37. The van der Waals surface area contributed by atoms with Crippen LogP contribution in [0.4, 0.5) is 0 Å². The van der Waals surface area contributed by atoms with Gasteiger partial charge in [0.2, 0.25) is 0 Å². The van der Waals surface area contributed by atoms with Crippen LogP contribution in [-0.2, 0) is 4.74 Å². The zero-order chi connectivity index (χ0) is 14.0. The van der Waals surface area contributed by atoms with Gasteiger partial charge in [-0.2, -0.15) is 0 Å². The number of aryl methyl sites for hydroxylation is 1. The lowest BCUT2D eigenvalue weighted by Crippen LogP contribution is -2.51. The Morgan fingerprint density at radius 2 is 2.26 bits per heavy atom. The summed E-state index contributed by atoms with van der Waals surface area (Å²) in [6, 6.07) is 5.42. The Bertz CT molecular complexity index is 479. The molecule has 0 bridgehead atoms. The summed E-state index contributed by atoms with van der Waals surface area (Å²) in [5.41, 5.74) is 1.57. The van der Waals surface area contributed by atoms with Crippen LogP contribution in [0.25, 0.3) is 0 Å². The second-order valence-corrected chi connectivity index (χ2v) is 5.62. The van der Waals surface area contributed by atoms with Crippen molar-refractivity contribution in [3.05, 3.63) is 34.3 Å².